The van der Waals surface area contributed by atoms with Crippen LogP contribution in [0.3, 0.4) is 0 Å². The first kappa shape index (κ1) is 32.7. The highest BCUT2D eigenvalue weighted by Crippen LogP contribution is 2.62. The molecule has 9 N–H and O–H groups in total. The molecule has 15 heteroatoms. The van der Waals surface area contributed by atoms with E-state index in [9.17, 15) is 50.8 Å². The average Bonchev–Trinajstić information content (AvgIpc) is 3.09. The monoisotopic (exact) mass is 704 g/mol. The molecule has 8 rings (SSSR count). The van der Waals surface area contributed by atoms with E-state index in [1.165, 1.54) is 48.5 Å². The Morgan fingerprint density at radius 3 is 2.20 bits per heavy atom. The molecule has 1 saturated heterocycles. The number of aromatic hydroxyl groups is 5. The molecular formula is C36H32O15. The van der Waals surface area contributed by atoms with Gasteiger partial charge in [0.2, 0.25) is 6.29 Å². The minimum absolute atomic E-state index is 0.0110. The number of benzene rings is 4. The van der Waals surface area contributed by atoms with Crippen LogP contribution in [-0.2, 0) is 10.5 Å². The lowest BCUT2D eigenvalue weighted by molar-refractivity contribution is -0.277. The normalized spacial score (nSPS) is 29.0. The van der Waals surface area contributed by atoms with Crippen molar-refractivity contribution in [2.45, 2.75) is 61.4 Å². The summed E-state index contributed by atoms with van der Waals surface area (Å²) in [7, 11) is 0. The molecule has 266 valence electrons. The summed E-state index contributed by atoms with van der Waals surface area (Å²) in [5.74, 6) is -4.78. The molecule has 1 fully saturated rings. The van der Waals surface area contributed by atoms with Crippen molar-refractivity contribution in [3.8, 4) is 51.7 Å². The van der Waals surface area contributed by atoms with Crippen molar-refractivity contribution in [2.24, 2.45) is 0 Å². The molecule has 0 amide bonds. The van der Waals surface area contributed by atoms with E-state index in [0.717, 1.165) is 0 Å². The Labute approximate surface area is 288 Å². The molecule has 0 aromatic heterocycles. The van der Waals surface area contributed by atoms with E-state index in [0.29, 0.717) is 11.1 Å². The molecule has 4 aromatic carbocycles. The number of fused-ring (bicyclic) bond motifs is 8. The molecule has 0 aliphatic carbocycles. The number of carbonyl (C=O) groups is 1. The third-order valence-electron chi connectivity index (χ3n) is 9.76. The number of hydrogen-bond donors (Lipinski definition) is 9. The van der Waals surface area contributed by atoms with Crippen molar-refractivity contribution in [1.82, 2.24) is 0 Å². The molecule has 15 nitrogen and oxygen atoms in total. The highest BCUT2D eigenvalue weighted by molar-refractivity contribution is 6.03. The average molecular weight is 705 g/mol. The Hall–Kier alpha value is -5.45. The highest BCUT2D eigenvalue weighted by Gasteiger charge is 2.54. The summed E-state index contributed by atoms with van der Waals surface area (Å²) in [6.45, 7) is -0.693. The van der Waals surface area contributed by atoms with Gasteiger partial charge in [-0.05, 0) is 35.9 Å². The lowest BCUT2D eigenvalue weighted by Gasteiger charge is -2.47. The maximum Gasteiger partial charge on any atom is 0.279 e. The van der Waals surface area contributed by atoms with E-state index in [1.807, 2.05) is 0 Å². The first-order valence-electron chi connectivity index (χ1n) is 16.0. The van der Waals surface area contributed by atoms with E-state index < -0.39 is 78.2 Å². The Morgan fingerprint density at radius 2 is 1.49 bits per heavy atom. The number of carbonyl (C=O) groups excluding carboxylic acids is 1. The quantitative estimate of drug-likeness (QED) is 0.135. The summed E-state index contributed by atoms with van der Waals surface area (Å²) in [6.07, 6.45) is -8.94. The predicted octanol–water partition coefficient (Wildman–Crippen LogP) is 2.26. The van der Waals surface area contributed by atoms with Gasteiger partial charge >= 0.3 is 0 Å². The first-order valence-corrected chi connectivity index (χ1v) is 16.0. The molecule has 2 bridgehead atoms. The molecule has 4 aliphatic heterocycles. The topological polar surface area (TPSA) is 245 Å². The fourth-order valence-electron chi connectivity index (χ4n) is 7.23. The Morgan fingerprint density at radius 1 is 0.765 bits per heavy atom. The number of ether oxygens (including phenoxy) is 5. The fourth-order valence-corrected chi connectivity index (χ4v) is 7.23. The second-order valence-corrected chi connectivity index (χ2v) is 12.9. The molecular weight excluding hydrogens is 672 g/mol. The van der Waals surface area contributed by atoms with Crippen LogP contribution < -0.4 is 18.9 Å². The molecule has 0 spiro atoms. The number of ketones is 1. The van der Waals surface area contributed by atoms with Crippen LogP contribution in [0.4, 0.5) is 0 Å². The Bertz CT molecular complexity index is 2050. The van der Waals surface area contributed by atoms with Crippen LogP contribution in [0.5, 0.6) is 51.7 Å². The lowest BCUT2D eigenvalue weighted by Crippen LogP contribution is -2.60. The van der Waals surface area contributed by atoms with Crippen molar-refractivity contribution < 1.29 is 74.4 Å². The number of phenolic OH excluding ortho intramolecular Hbond substituents is 5. The molecule has 4 heterocycles. The summed E-state index contributed by atoms with van der Waals surface area (Å²) < 4.78 is 30.6. The van der Waals surface area contributed by atoms with Gasteiger partial charge < -0.3 is 69.6 Å². The van der Waals surface area contributed by atoms with E-state index in [2.05, 4.69) is 0 Å². The molecule has 51 heavy (non-hydrogen) atoms. The van der Waals surface area contributed by atoms with Gasteiger partial charge in [0.15, 0.2) is 17.3 Å². The summed E-state index contributed by atoms with van der Waals surface area (Å²) >= 11 is 0. The van der Waals surface area contributed by atoms with Gasteiger partial charge in [-0.25, -0.2) is 0 Å². The predicted molar refractivity (Wildman–Crippen MR) is 170 cm³/mol. The third kappa shape index (κ3) is 5.20. The van der Waals surface area contributed by atoms with Crippen molar-refractivity contribution in [3.63, 3.8) is 0 Å². The zero-order valence-corrected chi connectivity index (χ0v) is 26.4. The van der Waals surface area contributed by atoms with Crippen molar-refractivity contribution in [1.29, 1.82) is 0 Å². The zero-order valence-electron chi connectivity index (χ0n) is 26.4. The third-order valence-corrected chi connectivity index (χ3v) is 9.76. The van der Waals surface area contributed by atoms with Gasteiger partial charge in [-0.1, -0.05) is 12.1 Å². The highest BCUT2D eigenvalue weighted by atomic mass is 16.7. The standard InChI is InChI=1S/C36H32O15/c37-13-27-31(44)32(45)33(46)35(49-27)47-17-8-21(41)28-18-12-36(50-25(28)9-17,15-3-6-19(39)20(40)7-15)51-26-11-23(43)30-22(42)10-24(48-34(30)29(18)26)14-1-4-16(38)5-2-14/h1-9,11,18,24,27,31-33,35,37-41,43-46H,10,12-13H2/t18-,24-,27-,31-,32+,33-,35-,36?/m1/s1. The molecule has 1 unspecified atom stereocenters. The van der Waals surface area contributed by atoms with E-state index in [1.54, 1.807) is 12.1 Å². The van der Waals surface area contributed by atoms with Crippen LogP contribution in [0.25, 0.3) is 0 Å². The summed E-state index contributed by atoms with van der Waals surface area (Å²) in [6, 6.07) is 13.9. The second-order valence-electron chi connectivity index (χ2n) is 12.9. The van der Waals surface area contributed by atoms with Crippen LogP contribution in [0, 0.1) is 0 Å². The minimum atomic E-state index is -1.76. The number of phenols is 5. The first-order chi connectivity index (χ1) is 24.4. The lowest BCUT2D eigenvalue weighted by atomic mass is 9.76. The summed E-state index contributed by atoms with van der Waals surface area (Å²) in [5.41, 5.74) is 1.24. The van der Waals surface area contributed by atoms with Crippen LogP contribution in [0.2, 0.25) is 0 Å². The van der Waals surface area contributed by atoms with Gasteiger partial charge in [0.25, 0.3) is 5.79 Å². The van der Waals surface area contributed by atoms with Crippen molar-refractivity contribution in [2.75, 3.05) is 6.61 Å². The number of rotatable bonds is 5. The second kappa shape index (κ2) is 11.8. The molecule has 8 atom stereocenters. The fraction of sp³-hybridized carbons (Fsp3) is 0.306. The number of aliphatic hydroxyl groups excluding tert-OH is 4. The molecule has 0 radical (unpaired) electrons. The minimum Gasteiger partial charge on any atom is -0.508 e. The summed E-state index contributed by atoms with van der Waals surface area (Å²) in [5, 5.41) is 93.7. The van der Waals surface area contributed by atoms with Gasteiger partial charge in [-0.2, -0.15) is 0 Å². The SMILES string of the molecule is O=C1C[C@H](c2ccc(O)cc2)Oc2c1c(O)cc1c2[C@@H]2CC(c3ccc(O)c(O)c3)(Oc3cc(O[C@@H]4O[C@H](CO)[C@@H](O)[C@H](O)[C@H]4O)cc(O)c32)O1. The molecule has 0 saturated carbocycles. The Kier molecular flexibility index (Phi) is 7.59. The largest absolute Gasteiger partial charge is 0.508 e. The maximum absolute atomic E-state index is 13.6. The number of hydrogen-bond acceptors (Lipinski definition) is 15. The van der Waals surface area contributed by atoms with Gasteiger partial charge in [0, 0.05) is 47.2 Å². The van der Waals surface area contributed by atoms with E-state index >= 15 is 0 Å². The van der Waals surface area contributed by atoms with E-state index in [-0.39, 0.29) is 64.0 Å². The summed E-state index contributed by atoms with van der Waals surface area (Å²) in [4.78, 5) is 13.6. The zero-order chi connectivity index (χ0) is 35.9. The van der Waals surface area contributed by atoms with Gasteiger partial charge in [-0.3, -0.25) is 4.79 Å². The van der Waals surface area contributed by atoms with Gasteiger partial charge in [0.1, 0.15) is 76.3 Å². The maximum atomic E-state index is 13.6. The smallest absolute Gasteiger partial charge is 0.279 e. The Balaban J connectivity index is 1.27. The number of aliphatic hydroxyl groups is 4. The van der Waals surface area contributed by atoms with E-state index in [4.69, 9.17) is 23.7 Å². The number of Topliss-reactive ketones (excluding diaryl/α,β-unsaturated/α-hetero) is 1. The van der Waals surface area contributed by atoms with Crippen LogP contribution in [-0.4, -0.2) is 89.1 Å². The van der Waals surface area contributed by atoms with Gasteiger partial charge in [-0.15, -0.1) is 0 Å². The molecule has 4 aliphatic rings. The van der Waals surface area contributed by atoms with Crippen molar-refractivity contribution in [3.05, 3.63) is 88.5 Å². The van der Waals surface area contributed by atoms with Crippen molar-refractivity contribution >= 4 is 5.78 Å². The van der Waals surface area contributed by atoms with Crippen LogP contribution >= 0.6 is 0 Å². The van der Waals surface area contributed by atoms with Crippen LogP contribution in [0.1, 0.15) is 57.5 Å². The van der Waals surface area contributed by atoms with Gasteiger partial charge in [0.05, 0.1) is 13.0 Å². The van der Waals surface area contributed by atoms with Crippen LogP contribution in [0.15, 0.2) is 60.7 Å². The molecule has 4 aromatic rings.